The van der Waals surface area contributed by atoms with E-state index in [1.807, 2.05) is 4.90 Å². The van der Waals surface area contributed by atoms with Gasteiger partial charge in [-0.05, 0) is 31.6 Å². The van der Waals surface area contributed by atoms with E-state index >= 15 is 0 Å². The summed E-state index contributed by atoms with van der Waals surface area (Å²) in [7, 11) is 0. The number of nitrogens with zero attached hydrogens (tertiary/aromatic N) is 1. The molecule has 0 radical (unpaired) electrons. The number of likely N-dealkylation sites (tertiary alicyclic amines) is 1. The highest BCUT2D eigenvalue weighted by molar-refractivity contribution is 5.91. The highest BCUT2D eigenvalue weighted by atomic mass is 16.5. The number of carboxylic acids is 1. The quantitative estimate of drug-likeness (QED) is 0.505. The topological polar surface area (TPSA) is 95.9 Å². The first-order valence-corrected chi connectivity index (χ1v) is 8.93. The molecule has 2 rings (SSSR count). The zero-order valence-corrected chi connectivity index (χ0v) is 14.8. The summed E-state index contributed by atoms with van der Waals surface area (Å²) in [5.41, 5.74) is 0. The highest BCUT2D eigenvalue weighted by Gasteiger charge is 2.39. The molecule has 2 N–H and O–H groups in total. The normalized spacial score (nSPS) is 27.8. The van der Waals surface area contributed by atoms with Gasteiger partial charge in [0, 0.05) is 19.0 Å². The van der Waals surface area contributed by atoms with Crippen LogP contribution in [0, 0.1) is 11.8 Å². The molecule has 0 aromatic heterocycles. The smallest absolute Gasteiger partial charge is 0.328 e. The number of carbonyl (C=O) groups is 3. The minimum absolute atomic E-state index is 0.00511. The zero-order valence-electron chi connectivity index (χ0n) is 14.8. The number of aliphatic carboxylic acids is 1. The van der Waals surface area contributed by atoms with Crippen molar-refractivity contribution in [1.82, 2.24) is 10.2 Å². The van der Waals surface area contributed by atoms with Gasteiger partial charge in [0.1, 0.15) is 0 Å². The van der Waals surface area contributed by atoms with Gasteiger partial charge in [-0.1, -0.05) is 13.0 Å². The van der Waals surface area contributed by atoms with Crippen LogP contribution < -0.4 is 5.32 Å². The molecule has 1 aliphatic heterocycles. The van der Waals surface area contributed by atoms with E-state index in [1.165, 1.54) is 6.08 Å². The first-order valence-electron chi connectivity index (χ1n) is 8.93. The number of carboxylic acid groups (broad SMARTS) is 1. The van der Waals surface area contributed by atoms with Crippen LogP contribution in [-0.4, -0.2) is 59.6 Å². The Balaban J connectivity index is 1.88. The number of rotatable bonds is 8. The van der Waals surface area contributed by atoms with Gasteiger partial charge in [-0.3, -0.25) is 9.59 Å². The van der Waals surface area contributed by atoms with E-state index in [-0.39, 0.29) is 31.6 Å². The maximum absolute atomic E-state index is 12.4. The van der Waals surface area contributed by atoms with Gasteiger partial charge in [-0.2, -0.15) is 0 Å². The molecule has 2 unspecified atom stereocenters. The Morgan fingerprint density at radius 3 is 2.68 bits per heavy atom. The molecule has 0 aromatic carbocycles. The second-order valence-corrected chi connectivity index (χ2v) is 7.09. The van der Waals surface area contributed by atoms with E-state index in [1.54, 1.807) is 0 Å². The van der Waals surface area contributed by atoms with E-state index in [0.717, 1.165) is 25.7 Å². The van der Waals surface area contributed by atoms with Gasteiger partial charge in [0.2, 0.25) is 11.8 Å². The lowest BCUT2D eigenvalue weighted by molar-refractivity contribution is -0.144. The van der Waals surface area contributed by atoms with Crippen molar-refractivity contribution in [2.24, 2.45) is 11.8 Å². The van der Waals surface area contributed by atoms with Crippen LogP contribution in [0.3, 0.4) is 0 Å². The first kappa shape index (κ1) is 19.4. The standard InChI is InChI=1S/C18H28N2O5/c1-3-8-25-11-15(18(23)24)19-17(22)13-9-16(21)20(10-13)14-6-4-12(2)5-7-14/h3,12-15H,1,4-11H2,2H3,(H,19,22)(H,23,24). The van der Waals surface area contributed by atoms with Crippen LogP contribution in [0.25, 0.3) is 0 Å². The molecule has 1 saturated heterocycles. The molecule has 25 heavy (non-hydrogen) atoms. The molecule has 2 aliphatic rings. The molecule has 0 spiro atoms. The van der Waals surface area contributed by atoms with E-state index in [0.29, 0.717) is 12.5 Å². The maximum Gasteiger partial charge on any atom is 0.328 e. The molecule has 7 heteroatoms. The predicted octanol–water partition coefficient (Wildman–Crippen LogP) is 1.19. The van der Waals surface area contributed by atoms with Crippen molar-refractivity contribution in [3.05, 3.63) is 12.7 Å². The fourth-order valence-electron chi connectivity index (χ4n) is 3.55. The van der Waals surface area contributed by atoms with Crippen LogP contribution in [0.2, 0.25) is 0 Å². The minimum Gasteiger partial charge on any atom is -0.480 e. The third-order valence-corrected chi connectivity index (χ3v) is 5.09. The van der Waals surface area contributed by atoms with Crippen LogP contribution in [0.5, 0.6) is 0 Å². The number of hydrogen-bond acceptors (Lipinski definition) is 4. The van der Waals surface area contributed by atoms with Crippen LogP contribution >= 0.6 is 0 Å². The largest absolute Gasteiger partial charge is 0.480 e. The Hall–Kier alpha value is -1.89. The van der Waals surface area contributed by atoms with Crippen molar-refractivity contribution in [1.29, 1.82) is 0 Å². The summed E-state index contributed by atoms with van der Waals surface area (Å²) in [6.45, 7) is 6.18. The lowest BCUT2D eigenvalue weighted by Gasteiger charge is -2.33. The van der Waals surface area contributed by atoms with Gasteiger partial charge in [0.15, 0.2) is 6.04 Å². The van der Waals surface area contributed by atoms with Crippen molar-refractivity contribution in [2.45, 2.75) is 51.1 Å². The molecule has 140 valence electrons. The molecule has 2 atom stereocenters. The van der Waals surface area contributed by atoms with E-state index in [9.17, 15) is 19.5 Å². The maximum atomic E-state index is 12.4. The third-order valence-electron chi connectivity index (χ3n) is 5.09. The summed E-state index contributed by atoms with van der Waals surface area (Å²) in [4.78, 5) is 37.8. The van der Waals surface area contributed by atoms with E-state index in [2.05, 4.69) is 18.8 Å². The Morgan fingerprint density at radius 2 is 2.08 bits per heavy atom. The van der Waals surface area contributed by atoms with Gasteiger partial charge < -0.3 is 20.1 Å². The number of carbonyl (C=O) groups excluding carboxylic acids is 2. The summed E-state index contributed by atoms with van der Waals surface area (Å²) >= 11 is 0. The molecule has 1 heterocycles. The molecular weight excluding hydrogens is 324 g/mol. The molecule has 2 fully saturated rings. The van der Waals surface area contributed by atoms with Crippen molar-refractivity contribution < 1.29 is 24.2 Å². The van der Waals surface area contributed by atoms with Gasteiger partial charge in [0.25, 0.3) is 0 Å². The number of nitrogens with one attached hydrogen (secondary N) is 1. The second-order valence-electron chi connectivity index (χ2n) is 7.09. The van der Waals surface area contributed by atoms with Gasteiger partial charge in [0.05, 0.1) is 19.1 Å². The first-order chi connectivity index (χ1) is 11.9. The summed E-state index contributed by atoms with van der Waals surface area (Å²) in [6, 6.07) is -0.903. The van der Waals surface area contributed by atoms with E-state index in [4.69, 9.17) is 4.74 Å². The number of ether oxygens (including phenoxy) is 1. The van der Waals surface area contributed by atoms with Crippen molar-refractivity contribution in [2.75, 3.05) is 19.8 Å². The SMILES string of the molecule is C=CCOCC(NC(=O)C1CC(=O)N(C2CCC(C)CC2)C1)C(=O)O. The zero-order chi connectivity index (χ0) is 18.4. The lowest BCUT2D eigenvalue weighted by Crippen LogP contribution is -2.47. The fourth-order valence-corrected chi connectivity index (χ4v) is 3.55. The van der Waals surface area contributed by atoms with Gasteiger partial charge >= 0.3 is 5.97 Å². The number of hydrogen-bond donors (Lipinski definition) is 2. The van der Waals surface area contributed by atoms with Gasteiger partial charge in [-0.15, -0.1) is 6.58 Å². The van der Waals surface area contributed by atoms with Crippen LogP contribution in [0.4, 0.5) is 0 Å². The monoisotopic (exact) mass is 352 g/mol. The number of amides is 2. The summed E-state index contributed by atoms with van der Waals surface area (Å²) in [5, 5.41) is 11.7. The molecule has 1 saturated carbocycles. The average Bonchev–Trinajstić information content (AvgIpc) is 2.96. The minimum atomic E-state index is -1.15. The van der Waals surface area contributed by atoms with Crippen molar-refractivity contribution >= 4 is 17.8 Å². The summed E-state index contributed by atoms with van der Waals surface area (Å²) in [6.07, 6.45) is 5.83. The molecule has 0 bridgehead atoms. The van der Waals surface area contributed by atoms with Crippen molar-refractivity contribution in [3.8, 4) is 0 Å². The lowest BCUT2D eigenvalue weighted by atomic mass is 9.87. The molecule has 2 amide bonds. The van der Waals surface area contributed by atoms with Crippen LogP contribution in [0.15, 0.2) is 12.7 Å². The summed E-state index contributed by atoms with van der Waals surface area (Å²) in [5.74, 6) is -1.35. The van der Waals surface area contributed by atoms with E-state index < -0.39 is 23.8 Å². The molecule has 1 aliphatic carbocycles. The second kappa shape index (κ2) is 8.99. The fraction of sp³-hybridized carbons (Fsp3) is 0.722. The average molecular weight is 352 g/mol. The Kier molecular flexibility index (Phi) is 6.99. The van der Waals surface area contributed by atoms with Crippen LogP contribution in [0.1, 0.15) is 39.0 Å². The molecule has 7 nitrogen and oxygen atoms in total. The predicted molar refractivity (Wildman–Crippen MR) is 91.8 cm³/mol. The molecular formula is C18H28N2O5. The third kappa shape index (κ3) is 5.29. The summed E-state index contributed by atoms with van der Waals surface area (Å²) < 4.78 is 5.13. The Morgan fingerprint density at radius 1 is 1.40 bits per heavy atom. The molecule has 0 aromatic rings. The van der Waals surface area contributed by atoms with Crippen LogP contribution in [-0.2, 0) is 19.1 Å². The Labute approximate surface area is 148 Å². The van der Waals surface area contributed by atoms with Gasteiger partial charge in [-0.25, -0.2) is 4.79 Å². The highest BCUT2D eigenvalue weighted by Crippen LogP contribution is 2.31. The Bertz CT molecular complexity index is 514. The van der Waals surface area contributed by atoms with Crippen molar-refractivity contribution in [3.63, 3.8) is 0 Å².